The zero-order valence-corrected chi connectivity index (χ0v) is 11.1. The van der Waals surface area contributed by atoms with Crippen molar-refractivity contribution in [1.29, 1.82) is 0 Å². The van der Waals surface area contributed by atoms with Crippen molar-refractivity contribution in [3.05, 3.63) is 35.9 Å². The second-order valence-electron chi connectivity index (χ2n) is 4.17. The van der Waals surface area contributed by atoms with Crippen LogP contribution in [-0.4, -0.2) is 19.0 Å². The Morgan fingerprint density at radius 2 is 1.94 bits per heavy atom. The Morgan fingerprint density at radius 3 is 2.50 bits per heavy atom. The van der Waals surface area contributed by atoms with Gasteiger partial charge in [0.1, 0.15) is 0 Å². The van der Waals surface area contributed by atoms with E-state index in [4.69, 9.17) is 4.74 Å². The Kier molecular flexibility index (Phi) is 6.58. The molecule has 0 spiro atoms. The van der Waals surface area contributed by atoms with Gasteiger partial charge in [-0.25, -0.2) is 0 Å². The lowest BCUT2D eigenvalue weighted by Crippen LogP contribution is -2.16. The van der Waals surface area contributed by atoms with Gasteiger partial charge in [0, 0.05) is 12.5 Å². The number of ether oxygens (including phenoxy) is 1. The zero-order chi connectivity index (χ0) is 11.8. The van der Waals surface area contributed by atoms with Gasteiger partial charge >= 0.3 is 0 Å². The van der Waals surface area contributed by atoms with Crippen molar-refractivity contribution < 1.29 is 4.74 Å². The molecular weight excluding hydrogens is 216 g/mol. The molecule has 16 heavy (non-hydrogen) atoms. The fourth-order valence-electron chi connectivity index (χ4n) is 1.94. The van der Waals surface area contributed by atoms with Gasteiger partial charge in [0.25, 0.3) is 0 Å². The number of hydrogen-bond acceptors (Lipinski definition) is 2. The largest absolute Gasteiger partial charge is 0.381 e. The maximum Gasteiger partial charge on any atom is 0.0537 e. The molecule has 2 atom stereocenters. The Balaban J connectivity index is 2.70. The van der Waals surface area contributed by atoms with Gasteiger partial charge in [-0.1, -0.05) is 37.3 Å². The summed E-state index contributed by atoms with van der Waals surface area (Å²) in [6.45, 7) is 5.94. The van der Waals surface area contributed by atoms with Crippen LogP contribution >= 0.6 is 12.6 Å². The van der Waals surface area contributed by atoms with E-state index in [9.17, 15) is 0 Å². The van der Waals surface area contributed by atoms with Crippen molar-refractivity contribution >= 4 is 12.6 Å². The van der Waals surface area contributed by atoms with Crippen molar-refractivity contribution in [2.75, 3.05) is 19.0 Å². The minimum absolute atomic E-state index is 0.494. The third-order valence-electron chi connectivity index (χ3n) is 3.00. The van der Waals surface area contributed by atoms with Crippen LogP contribution < -0.4 is 0 Å². The Hall–Kier alpha value is -0.470. The van der Waals surface area contributed by atoms with Crippen LogP contribution in [0.15, 0.2) is 30.3 Å². The summed E-state index contributed by atoms with van der Waals surface area (Å²) in [5.41, 5.74) is 1.38. The van der Waals surface area contributed by atoms with Crippen LogP contribution in [0.25, 0.3) is 0 Å². The maximum atomic E-state index is 5.59. The van der Waals surface area contributed by atoms with E-state index >= 15 is 0 Å². The molecule has 90 valence electrons. The van der Waals surface area contributed by atoms with E-state index in [1.807, 2.05) is 6.92 Å². The van der Waals surface area contributed by atoms with Gasteiger partial charge in [-0.05, 0) is 30.6 Å². The van der Waals surface area contributed by atoms with Crippen molar-refractivity contribution in [2.45, 2.75) is 26.2 Å². The molecule has 0 saturated carbocycles. The van der Waals surface area contributed by atoms with Crippen LogP contribution in [0, 0.1) is 5.92 Å². The first kappa shape index (κ1) is 13.6. The van der Waals surface area contributed by atoms with Gasteiger partial charge in [0.2, 0.25) is 0 Å². The molecule has 0 fully saturated rings. The van der Waals surface area contributed by atoms with Crippen molar-refractivity contribution in [3.63, 3.8) is 0 Å². The van der Waals surface area contributed by atoms with E-state index in [2.05, 4.69) is 49.9 Å². The number of benzene rings is 1. The Labute approximate surface area is 105 Å². The van der Waals surface area contributed by atoms with Crippen LogP contribution in [0.2, 0.25) is 0 Å². The molecule has 2 heteroatoms. The fourth-order valence-corrected chi connectivity index (χ4v) is 2.35. The average Bonchev–Trinajstić information content (AvgIpc) is 2.31. The van der Waals surface area contributed by atoms with E-state index in [-0.39, 0.29) is 0 Å². The topological polar surface area (TPSA) is 9.23 Å². The van der Waals surface area contributed by atoms with Gasteiger partial charge in [0.05, 0.1) is 6.61 Å². The molecule has 0 bridgehead atoms. The summed E-state index contributed by atoms with van der Waals surface area (Å²) in [6, 6.07) is 10.6. The molecule has 1 unspecified atom stereocenters. The van der Waals surface area contributed by atoms with Crippen LogP contribution in [0.3, 0.4) is 0 Å². The van der Waals surface area contributed by atoms with E-state index in [1.54, 1.807) is 0 Å². The molecule has 0 amide bonds. The summed E-state index contributed by atoms with van der Waals surface area (Å²) in [6.07, 6.45) is 1.13. The van der Waals surface area contributed by atoms with E-state index in [1.165, 1.54) is 5.56 Å². The monoisotopic (exact) mass is 238 g/mol. The molecule has 0 aliphatic carbocycles. The Morgan fingerprint density at radius 1 is 1.25 bits per heavy atom. The summed E-state index contributed by atoms with van der Waals surface area (Å²) in [5, 5.41) is 0. The summed E-state index contributed by atoms with van der Waals surface area (Å²) in [7, 11) is 0. The third kappa shape index (κ3) is 4.18. The van der Waals surface area contributed by atoms with Crippen LogP contribution in [-0.2, 0) is 4.74 Å². The maximum absolute atomic E-state index is 5.59. The first-order chi connectivity index (χ1) is 7.79. The van der Waals surface area contributed by atoms with Crippen LogP contribution in [0.4, 0.5) is 0 Å². The molecule has 1 rings (SSSR count). The molecule has 0 aliphatic rings. The molecule has 1 nitrogen and oxygen atoms in total. The average molecular weight is 238 g/mol. The SMILES string of the molecule is CCOC[C@H](c1ccccc1)C(C)CCS. The minimum Gasteiger partial charge on any atom is -0.381 e. The summed E-state index contributed by atoms with van der Waals surface area (Å²) in [4.78, 5) is 0. The highest BCUT2D eigenvalue weighted by atomic mass is 32.1. The number of rotatable bonds is 7. The van der Waals surface area contributed by atoms with Gasteiger partial charge < -0.3 is 4.74 Å². The molecule has 1 aromatic carbocycles. The van der Waals surface area contributed by atoms with Crippen molar-refractivity contribution in [1.82, 2.24) is 0 Å². The molecule has 0 N–H and O–H groups in total. The van der Waals surface area contributed by atoms with Crippen LogP contribution in [0.1, 0.15) is 31.7 Å². The highest BCUT2D eigenvalue weighted by Gasteiger charge is 2.18. The first-order valence-corrected chi connectivity index (χ1v) is 6.66. The first-order valence-electron chi connectivity index (χ1n) is 6.03. The van der Waals surface area contributed by atoms with E-state index < -0.39 is 0 Å². The lowest BCUT2D eigenvalue weighted by Gasteiger charge is -2.23. The lowest BCUT2D eigenvalue weighted by molar-refractivity contribution is 0.116. The normalized spacial score (nSPS) is 14.7. The second-order valence-corrected chi connectivity index (χ2v) is 4.61. The molecule has 0 aromatic heterocycles. The van der Waals surface area contributed by atoms with Crippen LogP contribution in [0.5, 0.6) is 0 Å². The highest BCUT2D eigenvalue weighted by Crippen LogP contribution is 2.27. The Bertz CT molecular complexity index is 273. The van der Waals surface area contributed by atoms with Crippen molar-refractivity contribution in [2.24, 2.45) is 5.92 Å². The predicted molar refractivity (Wildman–Crippen MR) is 73.3 cm³/mol. The summed E-state index contributed by atoms with van der Waals surface area (Å²) in [5.74, 6) is 2.05. The van der Waals surface area contributed by atoms with E-state index in [0.29, 0.717) is 11.8 Å². The smallest absolute Gasteiger partial charge is 0.0537 e. The number of hydrogen-bond donors (Lipinski definition) is 1. The lowest BCUT2D eigenvalue weighted by atomic mass is 9.86. The number of thiol groups is 1. The minimum atomic E-state index is 0.494. The van der Waals surface area contributed by atoms with E-state index in [0.717, 1.165) is 25.4 Å². The standard InChI is InChI=1S/C14H22OS/c1-3-15-11-14(12(2)9-10-16)13-7-5-4-6-8-13/h4-8,12,14,16H,3,9-11H2,1-2H3/t12?,14-/m0/s1. The quantitative estimate of drug-likeness (QED) is 0.712. The molecule has 0 radical (unpaired) electrons. The summed E-state index contributed by atoms with van der Waals surface area (Å²) >= 11 is 4.32. The molecular formula is C14H22OS. The fraction of sp³-hybridized carbons (Fsp3) is 0.571. The van der Waals surface area contributed by atoms with Gasteiger partial charge in [-0.3, -0.25) is 0 Å². The van der Waals surface area contributed by atoms with Gasteiger partial charge in [-0.2, -0.15) is 12.6 Å². The summed E-state index contributed by atoms with van der Waals surface area (Å²) < 4.78 is 5.59. The second kappa shape index (κ2) is 7.75. The molecule has 0 saturated heterocycles. The molecule has 0 heterocycles. The third-order valence-corrected chi connectivity index (χ3v) is 3.26. The molecule has 1 aromatic rings. The van der Waals surface area contributed by atoms with Gasteiger partial charge in [-0.15, -0.1) is 0 Å². The van der Waals surface area contributed by atoms with Gasteiger partial charge in [0.15, 0.2) is 0 Å². The predicted octanol–water partition coefficient (Wildman–Crippen LogP) is 3.76. The highest BCUT2D eigenvalue weighted by molar-refractivity contribution is 7.80. The zero-order valence-electron chi connectivity index (χ0n) is 10.2. The van der Waals surface area contributed by atoms with Crippen molar-refractivity contribution in [3.8, 4) is 0 Å². The molecule has 0 aliphatic heterocycles.